The summed E-state index contributed by atoms with van der Waals surface area (Å²) in [6.45, 7) is 4.10. The number of hydrogen-bond acceptors (Lipinski definition) is 5. The van der Waals surface area contributed by atoms with Gasteiger partial charge < -0.3 is 19.4 Å². The summed E-state index contributed by atoms with van der Waals surface area (Å²) in [6.07, 6.45) is -3.61. The van der Waals surface area contributed by atoms with E-state index in [0.29, 0.717) is 24.4 Å². The van der Waals surface area contributed by atoms with Crippen molar-refractivity contribution in [3.8, 4) is 5.75 Å². The van der Waals surface area contributed by atoms with E-state index in [1.807, 2.05) is 0 Å². The number of nitrogens with one attached hydrogen (secondary N) is 1. The first-order valence-electron chi connectivity index (χ1n) is 11.4. The quantitative estimate of drug-likeness (QED) is 0.590. The SMILES string of the molecule is Cc1nc2cc(C(F)(F)F)c([C@H](C)Oc3ccc(C(=O)N4C[C@H]5CC[C@@H](C4)O5)cc3)cc2c(=O)[nH]1. The Morgan fingerprint density at radius 1 is 1.17 bits per heavy atom. The zero-order valence-corrected chi connectivity index (χ0v) is 19.2. The molecule has 0 spiro atoms. The molecule has 1 aromatic heterocycles. The molecule has 3 atom stereocenters. The maximum Gasteiger partial charge on any atom is 0.416 e. The molecule has 2 saturated heterocycles. The van der Waals surface area contributed by atoms with Crippen molar-refractivity contribution in [3.05, 3.63) is 69.3 Å². The van der Waals surface area contributed by atoms with E-state index in [0.717, 1.165) is 18.9 Å². The fourth-order valence-electron chi connectivity index (χ4n) is 4.81. The van der Waals surface area contributed by atoms with Gasteiger partial charge in [0, 0.05) is 24.2 Å². The van der Waals surface area contributed by atoms with Gasteiger partial charge in [0.2, 0.25) is 0 Å². The van der Waals surface area contributed by atoms with E-state index in [1.165, 1.54) is 19.9 Å². The Hall–Kier alpha value is -3.40. The summed E-state index contributed by atoms with van der Waals surface area (Å²) in [6, 6.07) is 8.38. The van der Waals surface area contributed by atoms with Crippen molar-refractivity contribution in [1.82, 2.24) is 14.9 Å². The molecule has 184 valence electrons. The standard InChI is InChI=1S/C25H24F3N3O4/c1-13(19-9-20-22(10-21(19)25(26,27)28)29-14(2)30-23(20)32)34-16-5-3-15(4-6-16)24(33)31-11-17-7-8-18(12-31)35-17/h3-6,9-10,13,17-18H,7-8,11-12H2,1-2H3,(H,29,30,32)/t13-,17-,18+/m0/s1. The molecule has 10 heteroatoms. The van der Waals surface area contributed by atoms with Crippen LogP contribution < -0.4 is 10.3 Å². The van der Waals surface area contributed by atoms with E-state index in [9.17, 15) is 22.8 Å². The minimum Gasteiger partial charge on any atom is -0.486 e. The molecule has 2 aliphatic rings. The number of nitrogens with zero attached hydrogens (tertiary/aromatic N) is 2. The Balaban J connectivity index is 1.38. The van der Waals surface area contributed by atoms with E-state index in [1.54, 1.807) is 29.2 Å². The topological polar surface area (TPSA) is 84.5 Å². The van der Waals surface area contributed by atoms with Crippen molar-refractivity contribution in [2.75, 3.05) is 13.1 Å². The Bertz CT molecular complexity index is 1320. The van der Waals surface area contributed by atoms with Gasteiger partial charge in [-0.1, -0.05) is 0 Å². The number of likely N-dealkylation sites (tertiary alicyclic amines) is 1. The molecule has 5 rings (SSSR count). The average Bonchev–Trinajstić information content (AvgIpc) is 3.15. The summed E-state index contributed by atoms with van der Waals surface area (Å²) in [5.74, 6) is 0.424. The molecule has 0 unspecified atom stereocenters. The fraction of sp³-hybridized carbons (Fsp3) is 0.400. The summed E-state index contributed by atoms with van der Waals surface area (Å²) in [5, 5.41) is 0.0504. The predicted molar refractivity (Wildman–Crippen MR) is 121 cm³/mol. The van der Waals surface area contributed by atoms with Crippen LogP contribution in [0.2, 0.25) is 0 Å². The number of hydrogen-bond donors (Lipinski definition) is 1. The van der Waals surface area contributed by atoms with Crippen LogP contribution in [-0.4, -0.2) is 46.1 Å². The van der Waals surface area contributed by atoms with Crippen molar-refractivity contribution >= 4 is 16.8 Å². The Morgan fingerprint density at radius 2 is 1.83 bits per heavy atom. The van der Waals surface area contributed by atoms with Gasteiger partial charge in [-0.3, -0.25) is 9.59 Å². The summed E-state index contributed by atoms with van der Waals surface area (Å²) in [7, 11) is 0. The summed E-state index contributed by atoms with van der Waals surface area (Å²) in [4.78, 5) is 33.5. The number of morpholine rings is 1. The predicted octanol–water partition coefficient (Wildman–Crippen LogP) is 4.39. The van der Waals surface area contributed by atoms with E-state index >= 15 is 0 Å². The molecular formula is C25H24F3N3O4. The van der Waals surface area contributed by atoms with Crippen LogP contribution in [0.3, 0.4) is 0 Å². The number of benzene rings is 2. The molecule has 3 aromatic rings. The second kappa shape index (κ2) is 8.67. The molecule has 0 radical (unpaired) electrons. The first-order valence-corrected chi connectivity index (χ1v) is 11.4. The monoisotopic (exact) mass is 487 g/mol. The number of alkyl halides is 3. The van der Waals surface area contributed by atoms with E-state index in [-0.39, 0.29) is 40.4 Å². The molecule has 35 heavy (non-hydrogen) atoms. The van der Waals surface area contributed by atoms with Gasteiger partial charge >= 0.3 is 6.18 Å². The van der Waals surface area contributed by atoms with Crippen molar-refractivity contribution in [2.45, 2.75) is 51.2 Å². The van der Waals surface area contributed by atoms with E-state index < -0.39 is 23.4 Å². The van der Waals surface area contributed by atoms with Crippen LogP contribution in [0.4, 0.5) is 13.2 Å². The second-order valence-electron chi connectivity index (χ2n) is 9.06. The number of carbonyl (C=O) groups is 1. The number of aromatic amines is 1. The third-order valence-electron chi connectivity index (χ3n) is 6.48. The van der Waals surface area contributed by atoms with Gasteiger partial charge in [-0.15, -0.1) is 0 Å². The number of rotatable bonds is 4. The van der Waals surface area contributed by atoms with Crippen LogP contribution in [0.15, 0.2) is 41.2 Å². The maximum atomic E-state index is 13.8. The van der Waals surface area contributed by atoms with Gasteiger partial charge in [0.05, 0.1) is 28.7 Å². The van der Waals surface area contributed by atoms with Gasteiger partial charge in [0.1, 0.15) is 17.7 Å². The average molecular weight is 487 g/mol. The molecule has 2 bridgehead atoms. The highest BCUT2D eigenvalue weighted by atomic mass is 19.4. The number of amides is 1. The van der Waals surface area contributed by atoms with Gasteiger partial charge in [-0.25, -0.2) is 4.98 Å². The minimum absolute atomic E-state index is 0.0334. The molecule has 1 N–H and O–H groups in total. The van der Waals surface area contributed by atoms with Crippen LogP contribution in [0.5, 0.6) is 5.75 Å². The van der Waals surface area contributed by atoms with Crippen molar-refractivity contribution in [2.24, 2.45) is 0 Å². The molecule has 2 fully saturated rings. The van der Waals surface area contributed by atoms with Gasteiger partial charge in [0.15, 0.2) is 0 Å². The highest BCUT2D eigenvalue weighted by molar-refractivity contribution is 5.94. The summed E-state index contributed by atoms with van der Waals surface area (Å²) >= 11 is 0. The Morgan fingerprint density at radius 3 is 2.46 bits per heavy atom. The minimum atomic E-state index is -4.66. The van der Waals surface area contributed by atoms with Crippen molar-refractivity contribution in [1.29, 1.82) is 0 Å². The number of aromatic nitrogens is 2. The molecule has 0 aliphatic carbocycles. The number of carbonyl (C=O) groups excluding carboxylic acids is 1. The maximum absolute atomic E-state index is 13.8. The van der Waals surface area contributed by atoms with Crippen LogP contribution in [0.1, 0.15) is 53.2 Å². The zero-order chi connectivity index (χ0) is 24.9. The van der Waals surface area contributed by atoms with Crippen LogP contribution in [0.25, 0.3) is 10.9 Å². The first kappa shape index (κ1) is 23.3. The van der Waals surface area contributed by atoms with Crippen LogP contribution in [0, 0.1) is 6.92 Å². The number of halogens is 3. The van der Waals surface area contributed by atoms with Crippen molar-refractivity contribution in [3.63, 3.8) is 0 Å². The van der Waals surface area contributed by atoms with Crippen LogP contribution in [-0.2, 0) is 10.9 Å². The third-order valence-corrected chi connectivity index (χ3v) is 6.48. The zero-order valence-electron chi connectivity index (χ0n) is 19.2. The Labute approximate surface area is 198 Å². The molecule has 3 heterocycles. The number of fused-ring (bicyclic) bond motifs is 3. The number of ether oxygens (including phenoxy) is 2. The van der Waals surface area contributed by atoms with Crippen LogP contribution >= 0.6 is 0 Å². The highest BCUT2D eigenvalue weighted by Gasteiger charge is 2.37. The molecule has 2 aliphatic heterocycles. The largest absolute Gasteiger partial charge is 0.486 e. The highest BCUT2D eigenvalue weighted by Crippen LogP contribution is 2.38. The summed E-state index contributed by atoms with van der Waals surface area (Å²) in [5.41, 5.74) is -1.17. The molecular weight excluding hydrogens is 463 g/mol. The lowest BCUT2D eigenvalue weighted by atomic mass is 9.99. The Kier molecular flexibility index (Phi) is 5.79. The lowest BCUT2D eigenvalue weighted by molar-refractivity contribution is -0.138. The van der Waals surface area contributed by atoms with Gasteiger partial charge in [-0.2, -0.15) is 13.2 Å². The smallest absolute Gasteiger partial charge is 0.416 e. The lowest BCUT2D eigenvalue weighted by Crippen LogP contribution is -2.45. The van der Waals surface area contributed by atoms with E-state index in [4.69, 9.17) is 9.47 Å². The van der Waals surface area contributed by atoms with E-state index in [2.05, 4.69) is 9.97 Å². The summed E-state index contributed by atoms with van der Waals surface area (Å²) < 4.78 is 53.1. The number of H-pyrrole nitrogens is 1. The third kappa shape index (κ3) is 4.62. The fourth-order valence-corrected chi connectivity index (χ4v) is 4.81. The molecule has 7 nitrogen and oxygen atoms in total. The molecule has 2 aromatic carbocycles. The molecule has 1 amide bonds. The van der Waals surface area contributed by atoms with Crippen molar-refractivity contribution < 1.29 is 27.4 Å². The lowest BCUT2D eigenvalue weighted by Gasteiger charge is -2.32. The normalized spacial score (nSPS) is 20.8. The molecule has 0 saturated carbocycles. The first-order chi connectivity index (χ1) is 16.6. The second-order valence-corrected chi connectivity index (χ2v) is 9.06. The van der Waals surface area contributed by atoms with Gasteiger partial charge in [0.25, 0.3) is 11.5 Å². The number of aryl methyl sites for hydroxylation is 1. The van der Waals surface area contributed by atoms with Gasteiger partial charge in [-0.05, 0) is 63.1 Å².